The minimum absolute atomic E-state index is 0.0758. The van der Waals surface area contributed by atoms with Crippen molar-refractivity contribution < 1.29 is 13.2 Å². The molecule has 3 aromatic carbocycles. The van der Waals surface area contributed by atoms with E-state index in [0.717, 1.165) is 21.9 Å². The largest absolute Gasteiger partial charge is 0.496 e. The van der Waals surface area contributed by atoms with Crippen LogP contribution in [-0.2, 0) is 9.05 Å². The second-order valence-corrected chi connectivity index (χ2v) is 7.97. The molecule has 0 spiro atoms. The van der Waals surface area contributed by atoms with E-state index in [2.05, 4.69) is 0 Å². The number of ether oxygens (including phenoxy) is 1. The zero-order chi connectivity index (χ0) is 16.6. The molecule has 0 aliphatic rings. The summed E-state index contributed by atoms with van der Waals surface area (Å²) < 4.78 is 28.4. The molecule has 0 saturated carbocycles. The lowest BCUT2D eigenvalue weighted by molar-refractivity contribution is 0.416. The highest BCUT2D eigenvalue weighted by molar-refractivity contribution is 8.13. The first-order valence-electron chi connectivity index (χ1n) is 6.71. The average molecular weight is 367 g/mol. The summed E-state index contributed by atoms with van der Waals surface area (Å²) in [5, 5.41) is 2.26. The van der Waals surface area contributed by atoms with Crippen molar-refractivity contribution in [1.29, 1.82) is 0 Å². The van der Waals surface area contributed by atoms with Crippen molar-refractivity contribution in [2.24, 2.45) is 0 Å². The number of fused-ring (bicyclic) bond motifs is 1. The van der Waals surface area contributed by atoms with Crippen LogP contribution in [0, 0.1) is 0 Å². The van der Waals surface area contributed by atoms with Crippen LogP contribution in [0.15, 0.2) is 59.5 Å². The third-order valence-corrected chi connectivity index (χ3v) is 5.17. The van der Waals surface area contributed by atoms with Crippen molar-refractivity contribution >= 4 is 42.1 Å². The van der Waals surface area contributed by atoms with Crippen LogP contribution < -0.4 is 4.74 Å². The molecule has 0 N–H and O–H groups in total. The highest BCUT2D eigenvalue weighted by Crippen LogP contribution is 2.37. The van der Waals surface area contributed by atoms with E-state index < -0.39 is 9.05 Å². The molecular weight excluding hydrogens is 355 g/mol. The topological polar surface area (TPSA) is 43.4 Å². The van der Waals surface area contributed by atoms with E-state index in [9.17, 15) is 8.42 Å². The van der Waals surface area contributed by atoms with Gasteiger partial charge in [0.1, 0.15) is 5.75 Å². The monoisotopic (exact) mass is 366 g/mol. The van der Waals surface area contributed by atoms with Crippen LogP contribution in [-0.4, -0.2) is 15.5 Å². The van der Waals surface area contributed by atoms with Gasteiger partial charge in [0.25, 0.3) is 9.05 Å². The number of rotatable bonds is 3. The number of methoxy groups -OCH3 is 1. The molecule has 3 nitrogen and oxygen atoms in total. The van der Waals surface area contributed by atoms with E-state index in [1.54, 1.807) is 31.4 Å². The Balaban J connectivity index is 2.27. The first kappa shape index (κ1) is 16.1. The van der Waals surface area contributed by atoms with Crippen LogP contribution in [0.3, 0.4) is 0 Å². The third-order valence-electron chi connectivity index (χ3n) is 3.59. The van der Waals surface area contributed by atoms with Gasteiger partial charge in [-0.05, 0) is 46.7 Å². The summed E-state index contributed by atoms with van der Waals surface area (Å²) in [7, 11) is 3.24. The predicted octanol–water partition coefficient (Wildman–Crippen LogP) is 5.10. The Kier molecular flexibility index (Phi) is 4.23. The number of hydrogen-bond donors (Lipinski definition) is 0. The van der Waals surface area contributed by atoms with Crippen molar-refractivity contribution in [2.45, 2.75) is 4.90 Å². The van der Waals surface area contributed by atoms with Crippen LogP contribution in [0.4, 0.5) is 0 Å². The summed E-state index contributed by atoms with van der Waals surface area (Å²) in [4.78, 5) is 0.0758. The second kappa shape index (κ2) is 6.04. The second-order valence-electron chi connectivity index (χ2n) is 4.97. The molecular formula is C17H12Cl2O3S. The molecule has 0 aromatic heterocycles. The Morgan fingerprint density at radius 1 is 0.957 bits per heavy atom. The molecule has 0 radical (unpaired) electrons. The number of hydrogen-bond acceptors (Lipinski definition) is 3. The van der Waals surface area contributed by atoms with Crippen molar-refractivity contribution in [3.05, 3.63) is 59.6 Å². The van der Waals surface area contributed by atoms with Gasteiger partial charge >= 0.3 is 0 Å². The Hall–Kier alpha value is -1.75. The van der Waals surface area contributed by atoms with Crippen molar-refractivity contribution in [1.82, 2.24) is 0 Å². The maximum Gasteiger partial charge on any atom is 0.261 e. The molecule has 0 bridgehead atoms. The minimum Gasteiger partial charge on any atom is -0.496 e. The molecule has 6 heteroatoms. The minimum atomic E-state index is -3.76. The summed E-state index contributed by atoms with van der Waals surface area (Å²) in [5.41, 5.74) is 1.80. The highest BCUT2D eigenvalue weighted by Gasteiger charge is 2.13. The van der Waals surface area contributed by atoms with Crippen molar-refractivity contribution in [2.75, 3.05) is 7.11 Å². The molecule has 0 amide bonds. The van der Waals surface area contributed by atoms with Crippen LogP contribution in [0.25, 0.3) is 21.9 Å². The Morgan fingerprint density at radius 3 is 2.43 bits per heavy atom. The van der Waals surface area contributed by atoms with Gasteiger partial charge in [0.2, 0.25) is 0 Å². The van der Waals surface area contributed by atoms with Gasteiger partial charge in [0, 0.05) is 21.3 Å². The smallest absolute Gasteiger partial charge is 0.261 e. The molecule has 0 unspecified atom stereocenters. The lowest BCUT2D eigenvalue weighted by Crippen LogP contribution is -1.92. The van der Waals surface area contributed by atoms with Gasteiger partial charge in [-0.3, -0.25) is 0 Å². The van der Waals surface area contributed by atoms with E-state index >= 15 is 0 Å². The normalized spacial score (nSPS) is 11.6. The van der Waals surface area contributed by atoms with Gasteiger partial charge in [-0.2, -0.15) is 0 Å². The van der Waals surface area contributed by atoms with Gasteiger partial charge in [-0.15, -0.1) is 0 Å². The fourth-order valence-corrected chi connectivity index (χ4v) is 3.48. The maximum atomic E-state index is 11.5. The quantitative estimate of drug-likeness (QED) is 0.605. The van der Waals surface area contributed by atoms with Crippen LogP contribution in [0.5, 0.6) is 5.75 Å². The fourth-order valence-electron chi connectivity index (χ4n) is 2.54. The van der Waals surface area contributed by atoms with Crippen LogP contribution in [0.1, 0.15) is 0 Å². The SMILES string of the molecule is COc1cc(Cl)ccc1-c1cccc2cc(S(=O)(=O)Cl)ccc12. The Labute approximate surface area is 143 Å². The first-order chi connectivity index (χ1) is 10.9. The maximum absolute atomic E-state index is 11.5. The van der Waals surface area contributed by atoms with E-state index in [-0.39, 0.29) is 4.90 Å². The van der Waals surface area contributed by atoms with E-state index in [1.165, 1.54) is 6.07 Å². The molecule has 0 aliphatic carbocycles. The highest BCUT2D eigenvalue weighted by atomic mass is 35.7. The molecule has 0 atom stereocenters. The Morgan fingerprint density at radius 2 is 1.74 bits per heavy atom. The summed E-state index contributed by atoms with van der Waals surface area (Å²) in [5.74, 6) is 0.652. The first-order valence-corrected chi connectivity index (χ1v) is 9.40. The summed E-state index contributed by atoms with van der Waals surface area (Å²) >= 11 is 6.01. The predicted molar refractivity (Wildman–Crippen MR) is 94.0 cm³/mol. The van der Waals surface area contributed by atoms with Crippen molar-refractivity contribution in [3.8, 4) is 16.9 Å². The summed E-state index contributed by atoms with van der Waals surface area (Å²) in [6.45, 7) is 0. The fraction of sp³-hybridized carbons (Fsp3) is 0.0588. The average Bonchev–Trinajstić information content (AvgIpc) is 2.53. The number of halogens is 2. The van der Waals surface area contributed by atoms with E-state index in [0.29, 0.717) is 10.8 Å². The molecule has 0 saturated heterocycles. The van der Waals surface area contributed by atoms with Gasteiger partial charge < -0.3 is 4.74 Å². The molecule has 3 aromatic rings. The van der Waals surface area contributed by atoms with Crippen LogP contribution in [0.2, 0.25) is 5.02 Å². The zero-order valence-electron chi connectivity index (χ0n) is 12.1. The molecule has 0 aliphatic heterocycles. The summed E-state index contributed by atoms with van der Waals surface area (Å²) in [6, 6.07) is 15.9. The molecule has 0 fully saturated rings. The standard InChI is InChI=1S/C17H12Cl2O3S/c1-22-17-10-12(18)5-7-16(17)15-4-2-3-11-9-13(23(19,20)21)6-8-14(11)15/h2-10H,1H3. The molecule has 118 valence electrons. The summed E-state index contributed by atoms with van der Waals surface area (Å²) in [6.07, 6.45) is 0. The van der Waals surface area contributed by atoms with Gasteiger partial charge in [-0.25, -0.2) is 8.42 Å². The zero-order valence-corrected chi connectivity index (χ0v) is 14.4. The Bertz CT molecular complexity index is 998. The van der Waals surface area contributed by atoms with Gasteiger partial charge in [0.05, 0.1) is 12.0 Å². The van der Waals surface area contributed by atoms with Crippen molar-refractivity contribution in [3.63, 3.8) is 0 Å². The van der Waals surface area contributed by atoms with E-state index in [4.69, 9.17) is 27.0 Å². The van der Waals surface area contributed by atoms with Crippen LogP contribution >= 0.6 is 22.3 Å². The third kappa shape index (κ3) is 3.15. The molecule has 0 heterocycles. The van der Waals surface area contributed by atoms with Gasteiger partial charge in [-0.1, -0.05) is 35.9 Å². The number of benzene rings is 3. The molecule has 3 rings (SSSR count). The molecule has 23 heavy (non-hydrogen) atoms. The van der Waals surface area contributed by atoms with Gasteiger partial charge in [0.15, 0.2) is 0 Å². The lowest BCUT2D eigenvalue weighted by Gasteiger charge is -2.12. The lowest BCUT2D eigenvalue weighted by atomic mass is 9.97. The van der Waals surface area contributed by atoms with E-state index in [1.807, 2.05) is 24.3 Å².